The van der Waals surface area contributed by atoms with Gasteiger partial charge in [0.1, 0.15) is 11.5 Å². The van der Waals surface area contributed by atoms with Gasteiger partial charge < -0.3 is 15.2 Å². The second kappa shape index (κ2) is 10.5. The van der Waals surface area contributed by atoms with E-state index in [9.17, 15) is 4.79 Å². The van der Waals surface area contributed by atoms with Gasteiger partial charge in [-0.25, -0.2) is 10.4 Å². The molecule has 7 nitrogen and oxygen atoms in total. The molecule has 3 aromatic rings. The number of thiazole rings is 1. The number of benzene rings is 2. The van der Waals surface area contributed by atoms with Gasteiger partial charge in [0.2, 0.25) is 0 Å². The Kier molecular flexibility index (Phi) is 7.73. The van der Waals surface area contributed by atoms with Crippen molar-refractivity contribution < 1.29 is 14.3 Å². The van der Waals surface area contributed by atoms with Crippen LogP contribution in [0.2, 0.25) is 10.0 Å². The normalized spacial score (nSPS) is 11.0. The van der Waals surface area contributed by atoms with Crippen LogP contribution in [0.3, 0.4) is 0 Å². The summed E-state index contributed by atoms with van der Waals surface area (Å²) in [7, 11) is 1.54. The van der Waals surface area contributed by atoms with Gasteiger partial charge in [-0.2, -0.15) is 5.10 Å². The lowest BCUT2D eigenvalue weighted by molar-refractivity contribution is 0.0958. The molecule has 10 heteroatoms. The summed E-state index contributed by atoms with van der Waals surface area (Å²) in [5.41, 5.74) is 10.2. The number of aryl methyl sites for hydroxylation is 1. The molecule has 0 atom stereocenters. The zero-order valence-corrected chi connectivity index (χ0v) is 19.1. The number of nitrogens with zero attached hydrogens (tertiary/aromatic N) is 2. The second-order valence-corrected chi connectivity index (χ2v) is 8.12. The highest BCUT2D eigenvalue weighted by Gasteiger charge is 2.15. The molecule has 0 aliphatic heterocycles. The molecule has 3 rings (SSSR count). The minimum absolute atomic E-state index is 0.191. The van der Waals surface area contributed by atoms with Crippen LogP contribution in [0.1, 0.15) is 33.4 Å². The Morgan fingerprint density at radius 1 is 1.26 bits per heavy atom. The zero-order chi connectivity index (χ0) is 22.4. The topological polar surface area (TPSA) is 98.8 Å². The van der Waals surface area contributed by atoms with Crippen molar-refractivity contribution in [3.63, 3.8) is 0 Å². The van der Waals surface area contributed by atoms with Gasteiger partial charge in [0, 0.05) is 15.6 Å². The van der Waals surface area contributed by atoms with E-state index in [1.807, 2.05) is 6.92 Å². The van der Waals surface area contributed by atoms with Gasteiger partial charge in [0.25, 0.3) is 5.91 Å². The van der Waals surface area contributed by atoms with Crippen molar-refractivity contribution in [1.82, 2.24) is 10.4 Å². The number of hydrogen-bond donors (Lipinski definition) is 2. The van der Waals surface area contributed by atoms with Crippen LogP contribution in [0.15, 0.2) is 41.5 Å². The first kappa shape index (κ1) is 22.9. The van der Waals surface area contributed by atoms with Crippen molar-refractivity contribution in [2.75, 3.05) is 12.8 Å². The lowest BCUT2D eigenvalue weighted by Gasteiger charge is -2.13. The van der Waals surface area contributed by atoms with Crippen molar-refractivity contribution in [2.24, 2.45) is 5.10 Å². The molecule has 3 N–H and O–H groups in total. The molecular weight excluding hydrogens is 459 g/mol. The number of carbonyl (C=O) groups excluding carboxylic acids is 1. The van der Waals surface area contributed by atoms with Crippen LogP contribution in [0.25, 0.3) is 0 Å². The Balaban J connectivity index is 1.67. The fourth-order valence-corrected chi connectivity index (χ4v) is 4.02. The number of nitrogens with one attached hydrogen (secondary N) is 1. The highest BCUT2D eigenvalue weighted by atomic mass is 35.5. The summed E-state index contributed by atoms with van der Waals surface area (Å²) in [5, 5.41) is 5.41. The molecule has 0 aliphatic rings. The molecule has 0 unspecified atom stereocenters. The summed E-state index contributed by atoms with van der Waals surface area (Å²) in [6.45, 7) is 2.10. The Bertz CT molecular complexity index is 1100. The number of amides is 1. The summed E-state index contributed by atoms with van der Waals surface area (Å²) < 4.78 is 11.2. The molecule has 31 heavy (non-hydrogen) atoms. The minimum Gasteiger partial charge on any atom is -0.493 e. The van der Waals surface area contributed by atoms with Crippen molar-refractivity contribution >= 4 is 51.8 Å². The number of methoxy groups -OCH3 is 1. The number of hydrogen-bond acceptors (Lipinski definition) is 7. The average molecular weight is 479 g/mol. The van der Waals surface area contributed by atoms with Crippen molar-refractivity contribution in [3.8, 4) is 11.5 Å². The predicted molar refractivity (Wildman–Crippen MR) is 125 cm³/mol. The first-order valence-corrected chi connectivity index (χ1v) is 10.8. The van der Waals surface area contributed by atoms with E-state index in [-0.39, 0.29) is 12.5 Å². The highest BCUT2D eigenvalue weighted by molar-refractivity contribution is 7.17. The summed E-state index contributed by atoms with van der Waals surface area (Å²) in [4.78, 5) is 16.9. The number of anilines is 1. The lowest BCUT2D eigenvalue weighted by atomic mass is 10.2. The molecule has 1 amide bonds. The third-order valence-electron chi connectivity index (χ3n) is 4.26. The molecule has 0 saturated carbocycles. The molecule has 0 bridgehead atoms. The lowest BCUT2D eigenvalue weighted by Crippen LogP contribution is -2.17. The standard InChI is InChI=1S/C21H20Cl2N4O3S/c1-3-16-19(31-21(24)26-16)20(28)27-25-10-12-7-8-17(18(9-12)29-2)30-11-13-14(22)5-4-6-15(13)23/h4-10H,3,11H2,1-2H3,(H2,24,26)(H,27,28)/b25-10-. The molecule has 1 aromatic heterocycles. The molecule has 1 heterocycles. The number of aromatic nitrogens is 1. The van der Waals surface area contributed by atoms with Gasteiger partial charge in [-0.3, -0.25) is 4.79 Å². The molecular formula is C21H20Cl2N4O3S. The van der Waals surface area contributed by atoms with Crippen LogP contribution in [-0.2, 0) is 13.0 Å². The van der Waals surface area contributed by atoms with Crippen LogP contribution < -0.4 is 20.6 Å². The summed E-state index contributed by atoms with van der Waals surface area (Å²) in [6, 6.07) is 10.5. The van der Waals surface area contributed by atoms with Gasteiger partial charge in [-0.1, -0.05) is 47.5 Å². The van der Waals surface area contributed by atoms with Gasteiger partial charge in [0.15, 0.2) is 16.6 Å². The van der Waals surface area contributed by atoms with E-state index in [1.165, 1.54) is 13.3 Å². The van der Waals surface area contributed by atoms with Gasteiger partial charge >= 0.3 is 0 Å². The van der Waals surface area contributed by atoms with E-state index in [4.69, 9.17) is 38.4 Å². The quantitative estimate of drug-likeness (QED) is 0.352. The smallest absolute Gasteiger partial charge is 0.283 e. The molecule has 0 radical (unpaired) electrons. The fourth-order valence-electron chi connectivity index (χ4n) is 2.71. The number of rotatable bonds is 8. The maximum Gasteiger partial charge on any atom is 0.283 e. The third-order valence-corrected chi connectivity index (χ3v) is 5.89. The molecule has 2 aromatic carbocycles. The maximum atomic E-state index is 12.3. The Morgan fingerprint density at radius 3 is 2.68 bits per heavy atom. The van der Waals surface area contributed by atoms with Crippen molar-refractivity contribution in [2.45, 2.75) is 20.0 Å². The first-order chi connectivity index (χ1) is 14.9. The Labute approximate surface area is 193 Å². The number of carbonyl (C=O) groups is 1. The van der Waals surface area contributed by atoms with Gasteiger partial charge in [-0.15, -0.1) is 0 Å². The largest absolute Gasteiger partial charge is 0.493 e. The second-order valence-electron chi connectivity index (χ2n) is 6.28. The SMILES string of the molecule is CCc1nc(N)sc1C(=O)N/N=C\c1ccc(OCc2c(Cl)cccc2Cl)c(OC)c1. The third kappa shape index (κ3) is 5.66. The van der Waals surface area contributed by atoms with Crippen LogP contribution in [0.5, 0.6) is 11.5 Å². The molecule has 0 spiro atoms. The highest BCUT2D eigenvalue weighted by Crippen LogP contribution is 2.31. The van der Waals surface area contributed by atoms with E-state index < -0.39 is 0 Å². The summed E-state index contributed by atoms with van der Waals surface area (Å²) in [5.74, 6) is 0.667. The Morgan fingerprint density at radius 2 is 2.00 bits per heavy atom. The van der Waals surface area contributed by atoms with Crippen LogP contribution in [0, 0.1) is 0 Å². The van der Waals surface area contributed by atoms with Crippen molar-refractivity contribution in [1.29, 1.82) is 0 Å². The summed E-state index contributed by atoms with van der Waals surface area (Å²) in [6.07, 6.45) is 2.11. The first-order valence-electron chi connectivity index (χ1n) is 9.25. The monoisotopic (exact) mass is 478 g/mol. The molecule has 0 aliphatic carbocycles. The van der Waals surface area contributed by atoms with E-state index in [0.29, 0.717) is 54.8 Å². The van der Waals surface area contributed by atoms with E-state index >= 15 is 0 Å². The van der Waals surface area contributed by atoms with Gasteiger partial charge in [0.05, 0.1) is 19.0 Å². The number of halogens is 2. The minimum atomic E-state index is -0.356. The fraction of sp³-hybridized carbons (Fsp3) is 0.190. The van der Waals surface area contributed by atoms with E-state index in [1.54, 1.807) is 36.4 Å². The predicted octanol–water partition coefficient (Wildman–Crippen LogP) is 4.95. The molecule has 162 valence electrons. The number of nitrogens with two attached hydrogens (primary N) is 1. The van der Waals surface area contributed by atoms with Crippen LogP contribution in [-0.4, -0.2) is 24.2 Å². The number of ether oxygens (including phenoxy) is 2. The van der Waals surface area contributed by atoms with Crippen molar-refractivity contribution in [3.05, 3.63) is 68.1 Å². The van der Waals surface area contributed by atoms with Crippen LogP contribution >= 0.6 is 34.5 Å². The molecule has 0 fully saturated rings. The van der Waals surface area contributed by atoms with E-state index in [0.717, 1.165) is 11.3 Å². The molecule has 0 saturated heterocycles. The summed E-state index contributed by atoms with van der Waals surface area (Å²) >= 11 is 13.5. The Hall–Kier alpha value is -2.81. The zero-order valence-electron chi connectivity index (χ0n) is 16.8. The maximum absolute atomic E-state index is 12.3. The van der Waals surface area contributed by atoms with Gasteiger partial charge in [-0.05, 0) is 42.3 Å². The average Bonchev–Trinajstić information content (AvgIpc) is 3.14. The number of hydrazone groups is 1. The van der Waals surface area contributed by atoms with Crippen LogP contribution in [0.4, 0.5) is 5.13 Å². The number of nitrogen functional groups attached to an aromatic ring is 1. The van der Waals surface area contributed by atoms with E-state index in [2.05, 4.69) is 15.5 Å².